The molecule has 0 aliphatic carbocycles. The zero-order valence-electron chi connectivity index (χ0n) is 10.4. The Labute approximate surface area is 131 Å². The first kappa shape index (κ1) is 18.6. The van der Waals surface area contributed by atoms with Crippen molar-refractivity contribution in [3.8, 4) is 0 Å². The molecule has 0 aromatic carbocycles. The van der Waals surface area contributed by atoms with E-state index in [0.717, 1.165) is 12.8 Å². The summed E-state index contributed by atoms with van der Waals surface area (Å²) in [5.41, 5.74) is 0. The Morgan fingerprint density at radius 2 is 1.18 bits per heavy atom. The van der Waals surface area contributed by atoms with E-state index < -0.39 is 0 Å². The van der Waals surface area contributed by atoms with Gasteiger partial charge in [-0.3, -0.25) is 0 Å². The molecular formula is C11H24Cl4Si2. The number of hydrogen-bond acceptors (Lipinski definition) is 0. The normalized spacial score (nSPS) is 16.2. The van der Waals surface area contributed by atoms with Gasteiger partial charge in [-0.15, -0.1) is 46.4 Å². The predicted octanol–water partition coefficient (Wildman–Crippen LogP) is 3.86. The van der Waals surface area contributed by atoms with Crippen molar-refractivity contribution in [2.24, 2.45) is 0 Å². The lowest BCUT2D eigenvalue weighted by molar-refractivity contribution is 0.883. The Bertz CT molecular complexity index is 144. The van der Waals surface area contributed by atoms with E-state index in [1.54, 1.807) is 0 Å². The molecule has 17 heavy (non-hydrogen) atoms. The van der Waals surface area contributed by atoms with E-state index in [0.29, 0.717) is 22.5 Å². The van der Waals surface area contributed by atoms with E-state index in [2.05, 4.69) is 0 Å². The molecule has 0 fully saturated rings. The van der Waals surface area contributed by atoms with Gasteiger partial charge < -0.3 is 0 Å². The summed E-state index contributed by atoms with van der Waals surface area (Å²) in [5.74, 6) is 1.40. The van der Waals surface area contributed by atoms with Crippen LogP contribution in [0.15, 0.2) is 0 Å². The highest BCUT2D eigenvalue weighted by Crippen LogP contribution is 2.12. The van der Waals surface area contributed by atoms with Crippen LogP contribution in [-0.2, 0) is 0 Å². The van der Waals surface area contributed by atoms with E-state index in [9.17, 15) is 0 Å². The third kappa shape index (κ3) is 13.8. The summed E-state index contributed by atoms with van der Waals surface area (Å²) < 4.78 is 0. The number of halogens is 4. The molecular weight excluding hydrogens is 330 g/mol. The SMILES string of the molecule is ClCCC(Cl)C[SiH2]CCC[SiH2]CC(Cl)CCCl. The van der Waals surface area contributed by atoms with Gasteiger partial charge in [0.1, 0.15) is 0 Å². The Kier molecular flexibility index (Phi) is 15.3. The average molecular weight is 354 g/mol. The standard InChI is InChI=1S/C11H24Cl4Si2/c12-4-2-10(14)8-16-6-1-7-17-9-11(15)3-5-13/h10-11H,1-9,16-17H2. The largest absolute Gasteiger partial charge is 0.127 e. The molecule has 0 heterocycles. The number of alkyl halides is 4. The zero-order chi connectivity index (χ0) is 12.9. The molecule has 0 rings (SSSR count). The summed E-state index contributed by atoms with van der Waals surface area (Å²) in [5, 5.41) is 0.680. The fraction of sp³-hybridized carbons (Fsp3) is 1.00. The first-order valence-corrected chi connectivity index (χ1v) is 12.5. The maximum Gasteiger partial charge on any atom is 0.0318 e. The van der Waals surface area contributed by atoms with Crippen LogP contribution in [0.5, 0.6) is 0 Å². The summed E-state index contributed by atoms with van der Waals surface area (Å²) in [6.45, 7) is 0. The second-order valence-corrected chi connectivity index (χ2v) is 10.5. The van der Waals surface area contributed by atoms with Crippen LogP contribution in [0.2, 0.25) is 24.2 Å². The minimum absolute atomic E-state index is 0.0641. The second-order valence-electron chi connectivity index (χ2n) is 4.49. The maximum absolute atomic E-state index is 6.13. The molecule has 0 aromatic rings. The molecule has 0 saturated carbocycles. The highest BCUT2D eigenvalue weighted by Gasteiger charge is 2.05. The van der Waals surface area contributed by atoms with Gasteiger partial charge in [-0.2, -0.15) is 0 Å². The third-order valence-corrected chi connectivity index (χ3v) is 9.13. The minimum atomic E-state index is 0.0641. The Balaban J connectivity index is 3.13. The van der Waals surface area contributed by atoms with Crippen molar-refractivity contribution in [3.63, 3.8) is 0 Å². The molecule has 0 amide bonds. The minimum Gasteiger partial charge on any atom is -0.127 e. The highest BCUT2D eigenvalue weighted by atomic mass is 35.5. The van der Waals surface area contributed by atoms with E-state index in [4.69, 9.17) is 46.4 Å². The molecule has 6 heteroatoms. The van der Waals surface area contributed by atoms with E-state index >= 15 is 0 Å². The summed E-state index contributed by atoms with van der Waals surface area (Å²) >= 11 is 23.5. The lowest BCUT2D eigenvalue weighted by Gasteiger charge is -2.07. The topological polar surface area (TPSA) is 0 Å². The fourth-order valence-corrected chi connectivity index (χ4v) is 7.84. The van der Waals surface area contributed by atoms with Crippen LogP contribution >= 0.6 is 46.4 Å². The van der Waals surface area contributed by atoms with Gasteiger partial charge >= 0.3 is 0 Å². The maximum atomic E-state index is 6.13. The summed E-state index contributed by atoms with van der Waals surface area (Å²) in [6.07, 6.45) is 3.35. The van der Waals surface area contributed by atoms with Crippen molar-refractivity contribution in [1.29, 1.82) is 0 Å². The van der Waals surface area contributed by atoms with Crippen molar-refractivity contribution >= 4 is 65.4 Å². The van der Waals surface area contributed by atoms with Gasteiger partial charge in [0.2, 0.25) is 0 Å². The number of hydrogen-bond donors (Lipinski definition) is 0. The van der Waals surface area contributed by atoms with Crippen molar-refractivity contribution in [1.82, 2.24) is 0 Å². The zero-order valence-corrected chi connectivity index (χ0v) is 16.3. The van der Waals surface area contributed by atoms with Crippen molar-refractivity contribution in [2.75, 3.05) is 11.8 Å². The molecule has 104 valence electrons. The van der Waals surface area contributed by atoms with Gasteiger partial charge in [-0.1, -0.05) is 18.5 Å². The monoisotopic (exact) mass is 352 g/mol. The van der Waals surface area contributed by atoms with Gasteiger partial charge in [-0.05, 0) is 24.9 Å². The molecule has 0 bridgehead atoms. The quantitative estimate of drug-likeness (QED) is 0.284. The lowest BCUT2D eigenvalue weighted by Crippen LogP contribution is -2.05. The van der Waals surface area contributed by atoms with Crippen molar-refractivity contribution in [3.05, 3.63) is 0 Å². The van der Waals surface area contributed by atoms with Crippen molar-refractivity contribution in [2.45, 2.75) is 54.2 Å². The molecule has 0 saturated heterocycles. The third-order valence-electron chi connectivity index (χ3n) is 2.88. The van der Waals surface area contributed by atoms with Crippen LogP contribution in [0.3, 0.4) is 0 Å². The molecule has 0 aliphatic rings. The van der Waals surface area contributed by atoms with Gasteiger partial charge in [0, 0.05) is 41.6 Å². The predicted molar refractivity (Wildman–Crippen MR) is 90.9 cm³/mol. The van der Waals surface area contributed by atoms with E-state index in [1.807, 2.05) is 0 Å². The van der Waals surface area contributed by atoms with E-state index in [-0.39, 0.29) is 19.0 Å². The summed E-state index contributed by atoms with van der Waals surface area (Å²) in [6, 6.07) is 5.39. The fourth-order valence-electron chi connectivity index (χ4n) is 1.79. The van der Waals surface area contributed by atoms with Crippen LogP contribution in [0.1, 0.15) is 19.3 Å². The second kappa shape index (κ2) is 14.0. The molecule has 0 nitrogen and oxygen atoms in total. The van der Waals surface area contributed by atoms with Crippen molar-refractivity contribution < 1.29 is 0 Å². The van der Waals surface area contributed by atoms with Gasteiger partial charge in [0.15, 0.2) is 0 Å². The Morgan fingerprint density at radius 1 is 0.765 bits per heavy atom. The van der Waals surface area contributed by atoms with Crippen LogP contribution in [0.4, 0.5) is 0 Å². The Morgan fingerprint density at radius 3 is 1.53 bits per heavy atom. The van der Waals surface area contributed by atoms with Crippen LogP contribution in [0, 0.1) is 0 Å². The lowest BCUT2D eigenvalue weighted by atomic mass is 10.4. The molecule has 2 atom stereocenters. The van der Waals surface area contributed by atoms with Gasteiger partial charge in [0.05, 0.1) is 0 Å². The van der Waals surface area contributed by atoms with Gasteiger partial charge in [-0.25, -0.2) is 0 Å². The number of rotatable bonds is 12. The van der Waals surface area contributed by atoms with Crippen LogP contribution in [-0.4, -0.2) is 41.6 Å². The molecule has 0 radical (unpaired) electrons. The first-order chi connectivity index (χ1) is 8.20. The average Bonchev–Trinajstić information content (AvgIpc) is 2.28. The molecule has 0 aromatic heterocycles. The summed E-state index contributed by atoms with van der Waals surface area (Å²) in [4.78, 5) is 0. The Hall–Kier alpha value is 1.59. The molecule has 0 spiro atoms. The highest BCUT2D eigenvalue weighted by molar-refractivity contribution is 6.40. The van der Waals surface area contributed by atoms with E-state index in [1.165, 1.54) is 30.6 Å². The first-order valence-electron chi connectivity index (χ1n) is 6.60. The smallest absolute Gasteiger partial charge is 0.0318 e. The van der Waals surface area contributed by atoms with Gasteiger partial charge in [0.25, 0.3) is 0 Å². The van der Waals surface area contributed by atoms with Crippen LogP contribution in [0.25, 0.3) is 0 Å². The van der Waals surface area contributed by atoms with Crippen LogP contribution < -0.4 is 0 Å². The summed E-state index contributed by atoms with van der Waals surface area (Å²) in [7, 11) is 0.128. The molecule has 0 aliphatic heterocycles. The molecule has 0 N–H and O–H groups in total. The molecule has 2 unspecified atom stereocenters.